The van der Waals surface area contributed by atoms with Gasteiger partial charge in [-0.05, 0) is 24.5 Å². The molecule has 0 unspecified atom stereocenters. The van der Waals surface area contributed by atoms with E-state index in [2.05, 4.69) is 18.8 Å². The van der Waals surface area contributed by atoms with E-state index >= 15 is 0 Å². The van der Waals surface area contributed by atoms with E-state index < -0.39 is 10.9 Å². The molecule has 0 aliphatic rings. The Morgan fingerprint density at radius 3 is 2.61 bits per heavy atom. The summed E-state index contributed by atoms with van der Waals surface area (Å²) in [7, 11) is 1.30. The molecule has 2 aromatic rings. The number of nitrogens with one attached hydrogen (secondary N) is 1. The van der Waals surface area contributed by atoms with Crippen LogP contribution in [-0.4, -0.2) is 29.6 Å². The van der Waals surface area contributed by atoms with E-state index in [0.29, 0.717) is 18.2 Å². The summed E-state index contributed by atoms with van der Waals surface area (Å²) in [5, 5.41) is 11.0. The van der Waals surface area contributed by atoms with Gasteiger partial charge < -0.3 is 19.2 Å². The molecule has 0 aliphatic heterocycles. The van der Waals surface area contributed by atoms with Gasteiger partial charge in [-0.25, -0.2) is 4.79 Å². The van der Waals surface area contributed by atoms with Crippen LogP contribution in [0.5, 0.6) is 11.5 Å². The third-order valence-corrected chi connectivity index (χ3v) is 3.86. The SMILES string of the molecule is COc1ccc(C(=O)OCc2cc(=O)c(OCCC(C)C)c[nH]2)cc1[N+](=O)[O-]. The van der Waals surface area contributed by atoms with Crippen LogP contribution in [0.3, 0.4) is 0 Å². The highest BCUT2D eigenvalue weighted by molar-refractivity contribution is 5.90. The van der Waals surface area contributed by atoms with Crippen LogP contribution in [0.2, 0.25) is 0 Å². The number of aromatic amines is 1. The van der Waals surface area contributed by atoms with E-state index in [0.717, 1.165) is 12.5 Å². The number of hydrogen-bond acceptors (Lipinski definition) is 7. The van der Waals surface area contributed by atoms with Gasteiger partial charge in [0.05, 0.1) is 29.9 Å². The molecule has 0 fully saturated rings. The fourth-order valence-corrected chi connectivity index (χ4v) is 2.29. The van der Waals surface area contributed by atoms with Crippen LogP contribution in [-0.2, 0) is 11.3 Å². The smallest absolute Gasteiger partial charge is 0.338 e. The zero-order valence-electron chi connectivity index (χ0n) is 15.9. The summed E-state index contributed by atoms with van der Waals surface area (Å²) in [6, 6.07) is 5.05. The monoisotopic (exact) mass is 390 g/mol. The molecular weight excluding hydrogens is 368 g/mol. The zero-order chi connectivity index (χ0) is 20.7. The fraction of sp³-hybridized carbons (Fsp3) is 0.368. The molecule has 0 saturated carbocycles. The number of nitrogens with zero attached hydrogens (tertiary/aromatic N) is 1. The number of carbonyl (C=O) groups is 1. The van der Waals surface area contributed by atoms with Crippen molar-refractivity contribution in [3.05, 3.63) is 62.1 Å². The molecule has 0 radical (unpaired) electrons. The van der Waals surface area contributed by atoms with Crippen molar-refractivity contribution in [1.82, 2.24) is 4.98 Å². The number of methoxy groups -OCH3 is 1. The molecule has 0 amide bonds. The molecule has 0 bridgehead atoms. The highest BCUT2D eigenvalue weighted by atomic mass is 16.6. The molecular formula is C19H22N2O7. The van der Waals surface area contributed by atoms with Crippen molar-refractivity contribution in [3.63, 3.8) is 0 Å². The molecule has 9 heteroatoms. The predicted molar refractivity (Wildman–Crippen MR) is 101 cm³/mol. The molecule has 9 nitrogen and oxygen atoms in total. The molecule has 0 spiro atoms. The Morgan fingerprint density at radius 1 is 1.25 bits per heavy atom. The van der Waals surface area contributed by atoms with Gasteiger partial charge in [-0.3, -0.25) is 14.9 Å². The van der Waals surface area contributed by atoms with Gasteiger partial charge in [0, 0.05) is 18.3 Å². The second-order valence-electron chi connectivity index (χ2n) is 6.44. The first-order chi connectivity index (χ1) is 13.3. The van der Waals surface area contributed by atoms with Gasteiger partial charge >= 0.3 is 11.7 Å². The number of nitro benzene ring substituents is 1. The third-order valence-electron chi connectivity index (χ3n) is 3.86. The van der Waals surface area contributed by atoms with Crippen LogP contribution in [0, 0.1) is 16.0 Å². The third kappa shape index (κ3) is 5.57. The van der Waals surface area contributed by atoms with E-state index in [4.69, 9.17) is 14.2 Å². The zero-order valence-corrected chi connectivity index (χ0v) is 15.9. The van der Waals surface area contributed by atoms with Crippen molar-refractivity contribution in [2.45, 2.75) is 26.9 Å². The van der Waals surface area contributed by atoms with E-state index in [9.17, 15) is 19.7 Å². The van der Waals surface area contributed by atoms with Crippen molar-refractivity contribution in [3.8, 4) is 11.5 Å². The lowest BCUT2D eigenvalue weighted by atomic mass is 10.1. The van der Waals surface area contributed by atoms with E-state index in [1.54, 1.807) is 0 Å². The average Bonchev–Trinajstić information content (AvgIpc) is 2.66. The summed E-state index contributed by atoms with van der Waals surface area (Å²) in [4.78, 5) is 37.4. The number of rotatable bonds is 9. The minimum Gasteiger partial charge on any atom is -0.490 e. The second kappa shape index (κ2) is 9.54. The number of H-pyrrole nitrogens is 1. The van der Waals surface area contributed by atoms with Crippen molar-refractivity contribution in [2.24, 2.45) is 5.92 Å². The maximum Gasteiger partial charge on any atom is 0.338 e. The predicted octanol–water partition coefficient (Wildman–Crippen LogP) is 3.07. The summed E-state index contributed by atoms with van der Waals surface area (Å²) < 4.78 is 15.4. The first-order valence-electron chi connectivity index (χ1n) is 8.65. The molecule has 0 atom stereocenters. The van der Waals surface area contributed by atoms with Crippen molar-refractivity contribution in [1.29, 1.82) is 0 Å². The average molecular weight is 390 g/mol. The fourth-order valence-electron chi connectivity index (χ4n) is 2.29. The quantitative estimate of drug-likeness (QED) is 0.397. The lowest BCUT2D eigenvalue weighted by Gasteiger charge is -2.09. The number of aromatic nitrogens is 1. The van der Waals surface area contributed by atoms with Crippen LogP contribution >= 0.6 is 0 Å². The first kappa shape index (κ1) is 20.9. The van der Waals surface area contributed by atoms with Gasteiger partial charge in [0.1, 0.15) is 6.61 Å². The molecule has 0 aliphatic carbocycles. The Hall–Kier alpha value is -3.36. The van der Waals surface area contributed by atoms with Gasteiger partial charge in [-0.15, -0.1) is 0 Å². The Balaban J connectivity index is 2.01. The maximum absolute atomic E-state index is 12.1. The Kier molecular flexibility index (Phi) is 7.14. The highest BCUT2D eigenvalue weighted by Crippen LogP contribution is 2.27. The van der Waals surface area contributed by atoms with Crippen molar-refractivity contribution in [2.75, 3.05) is 13.7 Å². The maximum atomic E-state index is 12.1. The van der Waals surface area contributed by atoms with E-state index in [1.165, 1.54) is 31.5 Å². The summed E-state index contributed by atoms with van der Waals surface area (Å²) >= 11 is 0. The van der Waals surface area contributed by atoms with Gasteiger partial charge in [0.25, 0.3) is 0 Å². The Morgan fingerprint density at radius 2 is 2.00 bits per heavy atom. The van der Waals surface area contributed by atoms with Gasteiger partial charge in [0.15, 0.2) is 11.5 Å². The number of esters is 1. The van der Waals surface area contributed by atoms with E-state index in [1.807, 2.05) is 0 Å². The largest absolute Gasteiger partial charge is 0.490 e. The number of benzene rings is 1. The second-order valence-corrected chi connectivity index (χ2v) is 6.44. The summed E-state index contributed by atoms with van der Waals surface area (Å²) in [6.07, 6.45) is 2.25. The van der Waals surface area contributed by atoms with Gasteiger partial charge in [-0.1, -0.05) is 13.8 Å². The molecule has 0 saturated heterocycles. The van der Waals surface area contributed by atoms with Crippen molar-refractivity contribution < 1.29 is 23.9 Å². The van der Waals surface area contributed by atoms with Crippen LogP contribution in [0.1, 0.15) is 36.3 Å². The van der Waals surface area contributed by atoms with Crippen LogP contribution in [0.25, 0.3) is 0 Å². The first-order valence-corrected chi connectivity index (χ1v) is 8.65. The number of nitro groups is 1. The molecule has 1 heterocycles. The van der Waals surface area contributed by atoms with E-state index in [-0.39, 0.29) is 34.8 Å². The summed E-state index contributed by atoms with van der Waals surface area (Å²) in [5.74, 6) is -0.0594. The number of carbonyl (C=O) groups excluding carboxylic acids is 1. The summed E-state index contributed by atoms with van der Waals surface area (Å²) in [6.45, 7) is 4.36. The molecule has 1 aromatic carbocycles. The minimum atomic E-state index is -0.760. The Labute approximate surface area is 161 Å². The molecule has 1 aromatic heterocycles. The van der Waals surface area contributed by atoms with Crippen LogP contribution in [0.15, 0.2) is 35.3 Å². The highest BCUT2D eigenvalue weighted by Gasteiger charge is 2.19. The minimum absolute atomic E-state index is 0.00323. The number of pyridine rings is 1. The lowest BCUT2D eigenvalue weighted by molar-refractivity contribution is -0.385. The summed E-state index contributed by atoms with van der Waals surface area (Å²) in [5.41, 5.74) is -0.289. The van der Waals surface area contributed by atoms with Gasteiger partial charge in [0.2, 0.25) is 5.43 Å². The number of hydrogen-bond donors (Lipinski definition) is 1. The topological polar surface area (TPSA) is 121 Å². The normalized spacial score (nSPS) is 10.6. The standard InChI is InChI=1S/C19H22N2O7/c1-12(2)6-7-27-18-10-20-14(9-16(18)22)11-28-19(23)13-4-5-17(26-3)15(8-13)21(24)25/h4-5,8-10,12H,6-7,11H2,1-3H3,(H,20,22). The Bertz CT molecular complexity index is 905. The molecule has 28 heavy (non-hydrogen) atoms. The molecule has 150 valence electrons. The van der Waals surface area contributed by atoms with Crippen LogP contribution < -0.4 is 14.9 Å². The van der Waals surface area contributed by atoms with Crippen LogP contribution in [0.4, 0.5) is 5.69 Å². The lowest BCUT2D eigenvalue weighted by Crippen LogP contribution is -2.13. The van der Waals surface area contributed by atoms with Gasteiger partial charge in [-0.2, -0.15) is 0 Å². The molecule has 2 rings (SSSR count). The molecule has 1 N–H and O–H groups in total. The van der Waals surface area contributed by atoms with Crippen molar-refractivity contribution >= 4 is 11.7 Å². The number of ether oxygens (including phenoxy) is 3.